The van der Waals surface area contributed by atoms with Crippen molar-refractivity contribution in [1.29, 1.82) is 0 Å². The number of esters is 1. The molecule has 0 unspecified atom stereocenters. The van der Waals surface area contributed by atoms with Crippen LogP contribution in [0, 0.1) is 10.8 Å². The predicted molar refractivity (Wildman–Crippen MR) is 120 cm³/mol. The summed E-state index contributed by atoms with van der Waals surface area (Å²) in [5, 5.41) is 7.95. The average Bonchev–Trinajstić information content (AvgIpc) is 3.29. The van der Waals surface area contributed by atoms with Crippen LogP contribution < -0.4 is 11.1 Å². The first-order valence-corrected chi connectivity index (χ1v) is 10.4. The molecule has 2 aromatic heterocycles. The predicted octanol–water partition coefficient (Wildman–Crippen LogP) is 3.88. The molecule has 1 fully saturated rings. The van der Waals surface area contributed by atoms with Crippen molar-refractivity contribution in [3.05, 3.63) is 54.4 Å². The quantitative estimate of drug-likeness (QED) is 0.611. The van der Waals surface area contributed by atoms with Gasteiger partial charge in [-0.05, 0) is 31.4 Å². The van der Waals surface area contributed by atoms with Crippen LogP contribution in [0.2, 0.25) is 0 Å². The van der Waals surface area contributed by atoms with Gasteiger partial charge in [0, 0.05) is 23.2 Å². The van der Waals surface area contributed by atoms with Crippen LogP contribution in [0.4, 0.5) is 5.69 Å². The van der Waals surface area contributed by atoms with Gasteiger partial charge >= 0.3 is 5.97 Å². The summed E-state index contributed by atoms with van der Waals surface area (Å²) >= 11 is 0. The number of carbonyl (C=O) groups excluding carboxylic acids is 2. The zero-order chi connectivity index (χ0) is 22.4. The molecule has 0 aliphatic heterocycles. The summed E-state index contributed by atoms with van der Waals surface area (Å²) in [4.78, 5) is 24.8. The van der Waals surface area contributed by atoms with Crippen molar-refractivity contribution in [3.8, 4) is 11.1 Å². The van der Waals surface area contributed by atoms with Crippen molar-refractivity contribution < 1.29 is 14.3 Å². The van der Waals surface area contributed by atoms with E-state index in [1.165, 1.54) is 13.3 Å². The lowest BCUT2D eigenvalue weighted by atomic mass is 9.67. The molecule has 0 bridgehead atoms. The van der Waals surface area contributed by atoms with Crippen LogP contribution in [0.5, 0.6) is 0 Å². The Bertz CT molecular complexity index is 1150. The van der Waals surface area contributed by atoms with Crippen LogP contribution in [0.15, 0.2) is 48.8 Å². The molecule has 1 amide bonds. The van der Waals surface area contributed by atoms with Crippen molar-refractivity contribution in [1.82, 2.24) is 9.61 Å². The fourth-order valence-electron chi connectivity index (χ4n) is 4.70. The number of benzene rings is 1. The van der Waals surface area contributed by atoms with Gasteiger partial charge in [0.05, 0.1) is 35.5 Å². The topological polar surface area (TPSA) is 98.7 Å². The monoisotopic (exact) mass is 420 g/mol. The van der Waals surface area contributed by atoms with Gasteiger partial charge in [-0.1, -0.05) is 44.2 Å². The van der Waals surface area contributed by atoms with Gasteiger partial charge in [0.25, 0.3) is 5.91 Å². The van der Waals surface area contributed by atoms with E-state index < -0.39 is 16.7 Å². The van der Waals surface area contributed by atoms with Gasteiger partial charge in [-0.3, -0.25) is 9.59 Å². The molecule has 2 atom stereocenters. The fourth-order valence-corrected chi connectivity index (χ4v) is 4.70. The van der Waals surface area contributed by atoms with Crippen LogP contribution in [0.1, 0.15) is 44.0 Å². The summed E-state index contributed by atoms with van der Waals surface area (Å²) in [5.74, 6) is -0.766. The van der Waals surface area contributed by atoms with Crippen LogP contribution >= 0.6 is 0 Å². The highest BCUT2D eigenvalue weighted by atomic mass is 16.5. The Morgan fingerprint density at radius 2 is 1.90 bits per heavy atom. The average molecular weight is 421 g/mol. The Morgan fingerprint density at radius 3 is 2.55 bits per heavy atom. The van der Waals surface area contributed by atoms with Gasteiger partial charge in [-0.2, -0.15) is 5.10 Å². The van der Waals surface area contributed by atoms with Crippen molar-refractivity contribution in [2.75, 3.05) is 12.4 Å². The van der Waals surface area contributed by atoms with E-state index >= 15 is 0 Å². The lowest BCUT2D eigenvalue weighted by molar-refractivity contribution is -0.157. The molecule has 7 heteroatoms. The Balaban J connectivity index is 1.79. The smallest absolute Gasteiger partial charge is 0.312 e. The number of hydrogen-bond donors (Lipinski definition) is 2. The van der Waals surface area contributed by atoms with Crippen molar-refractivity contribution in [2.45, 2.75) is 39.7 Å². The number of aromatic nitrogens is 2. The summed E-state index contributed by atoms with van der Waals surface area (Å²) in [5.41, 5.74) is 8.41. The Hall–Kier alpha value is -3.35. The molecule has 1 saturated carbocycles. The molecule has 1 aliphatic rings. The van der Waals surface area contributed by atoms with E-state index in [4.69, 9.17) is 10.5 Å². The zero-order valence-corrected chi connectivity index (χ0v) is 18.3. The number of nitrogens with one attached hydrogen (secondary N) is 1. The summed E-state index contributed by atoms with van der Waals surface area (Å²) in [6.07, 6.45) is 4.87. The van der Waals surface area contributed by atoms with E-state index in [0.717, 1.165) is 23.1 Å². The molecule has 0 spiro atoms. The van der Waals surface area contributed by atoms with E-state index in [-0.39, 0.29) is 12.0 Å². The molecule has 3 N–H and O–H groups in total. The second kappa shape index (κ2) is 7.41. The molecule has 3 aromatic rings. The van der Waals surface area contributed by atoms with Gasteiger partial charge in [-0.25, -0.2) is 4.52 Å². The summed E-state index contributed by atoms with van der Waals surface area (Å²) in [6, 6.07) is 11.9. The highest BCUT2D eigenvalue weighted by molar-refractivity contribution is 6.02. The number of nitrogens with two attached hydrogens (primary N) is 1. The van der Waals surface area contributed by atoms with Crippen LogP contribution in [0.3, 0.4) is 0 Å². The minimum absolute atomic E-state index is 0.0593. The Labute approximate surface area is 181 Å². The van der Waals surface area contributed by atoms with Gasteiger partial charge in [0.1, 0.15) is 0 Å². The lowest BCUT2D eigenvalue weighted by Gasteiger charge is -2.40. The first kappa shape index (κ1) is 20.9. The van der Waals surface area contributed by atoms with Gasteiger partial charge in [0.15, 0.2) is 0 Å². The van der Waals surface area contributed by atoms with Gasteiger partial charge < -0.3 is 15.8 Å². The fraction of sp³-hybridized carbons (Fsp3) is 0.375. The number of nitrogens with zero attached hydrogens (tertiary/aromatic N) is 2. The number of anilines is 1. The molecule has 2 heterocycles. The van der Waals surface area contributed by atoms with E-state index in [1.54, 1.807) is 4.52 Å². The summed E-state index contributed by atoms with van der Waals surface area (Å²) < 4.78 is 6.85. The molecule has 162 valence electrons. The standard InChI is InChI=1S/C24H28N4O3/c1-23(2)19(10-11-24(23,3)22(30)31-4)27-20-17(21(25)29)13-26-28-14-16(12-18(20)28)15-8-6-5-7-9-15/h5-9,12-14,19,27H,10-11H2,1-4H3,(H2,25,29)/t19-,24-/m1/s1. The maximum Gasteiger partial charge on any atom is 0.312 e. The van der Waals surface area contributed by atoms with Crippen molar-refractivity contribution in [3.63, 3.8) is 0 Å². The molecule has 1 aromatic carbocycles. The maximum absolute atomic E-state index is 12.6. The molecule has 1 aliphatic carbocycles. The van der Waals surface area contributed by atoms with E-state index in [0.29, 0.717) is 17.7 Å². The number of ether oxygens (including phenoxy) is 1. The molecular weight excluding hydrogens is 392 g/mol. The summed E-state index contributed by atoms with van der Waals surface area (Å²) in [6.45, 7) is 6.07. The number of carbonyl (C=O) groups is 2. The maximum atomic E-state index is 12.6. The normalized spacial score (nSPS) is 22.4. The highest BCUT2D eigenvalue weighted by Gasteiger charge is 2.57. The molecule has 0 radical (unpaired) electrons. The molecule has 7 nitrogen and oxygen atoms in total. The number of amides is 1. The Morgan fingerprint density at radius 1 is 1.19 bits per heavy atom. The van der Waals surface area contributed by atoms with Crippen LogP contribution in [-0.2, 0) is 9.53 Å². The second-order valence-electron chi connectivity index (χ2n) is 9.00. The summed E-state index contributed by atoms with van der Waals surface area (Å²) in [7, 11) is 1.42. The van der Waals surface area contributed by atoms with Crippen molar-refractivity contribution >= 4 is 23.1 Å². The van der Waals surface area contributed by atoms with Crippen molar-refractivity contribution in [2.24, 2.45) is 16.6 Å². The molecule has 31 heavy (non-hydrogen) atoms. The van der Waals surface area contributed by atoms with E-state index in [2.05, 4.69) is 24.3 Å². The third kappa shape index (κ3) is 3.24. The number of rotatable bonds is 5. The van der Waals surface area contributed by atoms with Crippen LogP contribution in [0.25, 0.3) is 16.6 Å². The van der Waals surface area contributed by atoms with Crippen LogP contribution in [-0.4, -0.2) is 34.6 Å². The SMILES string of the molecule is COC(=O)[C@@]1(C)CC[C@@H](Nc2c(C(N)=O)cnn3cc(-c4ccccc4)cc23)C1(C)C. The van der Waals surface area contributed by atoms with Gasteiger partial charge in [-0.15, -0.1) is 0 Å². The van der Waals surface area contributed by atoms with E-state index in [9.17, 15) is 9.59 Å². The number of primary amides is 1. The Kier molecular flexibility index (Phi) is 5.00. The van der Waals surface area contributed by atoms with E-state index in [1.807, 2.05) is 49.5 Å². The molecule has 4 rings (SSSR count). The van der Waals surface area contributed by atoms with Gasteiger partial charge in [0.2, 0.25) is 0 Å². The molecular formula is C24H28N4O3. The number of methoxy groups -OCH3 is 1. The minimum Gasteiger partial charge on any atom is -0.469 e. The highest BCUT2D eigenvalue weighted by Crippen LogP contribution is 2.54. The first-order chi connectivity index (χ1) is 14.7. The minimum atomic E-state index is -0.632. The first-order valence-electron chi connectivity index (χ1n) is 10.4. The zero-order valence-electron chi connectivity index (χ0n) is 18.3. The second-order valence-corrected chi connectivity index (χ2v) is 9.00. The third-order valence-corrected chi connectivity index (χ3v) is 7.19. The third-order valence-electron chi connectivity index (χ3n) is 7.19. The number of fused-ring (bicyclic) bond motifs is 1. The number of hydrogen-bond acceptors (Lipinski definition) is 5. The lowest BCUT2D eigenvalue weighted by Crippen LogP contribution is -2.45. The largest absolute Gasteiger partial charge is 0.469 e. The molecule has 0 saturated heterocycles.